The monoisotopic (exact) mass is 452 g/mol. The Morgan fingerprint density at radius 3 is 2.38 bits per heavy atom. The highest BCUT2D eigenvalue weighted by atomic mass is 16.7. The molecule has 7 nitrogen and oxygen atoms in total. The molecular formula is C24H45BN2O5. The normalized spacial score (nSPS) is 26.7. The summed E-state index contributed by atoms with van der Waals surface area (Å²) in [5.74, 6) is -0.260. The van der Waals surface area contributed by atoms with Crippen molar-refractivity contribution >= 4 is 19.0 Å². The van der Waals surface area contributed by atoms with Crippen LogP contribution < -0.4 is 10.6 Å². The fourth-order valence-corrected chi connectivity index (χ4v) is 4.72. The van der Waals surface area contributed by atoms with E-state index in [0.29, 0.717) is 12.8 Å². The molecule has 0 aromatic carbocycles. The number of hydrogen-bond donors (Lipinski definition) is 2. The Kier molecular flexibility index (Phi) is 10.0. The quantitative estimate of drug-likeness (QED) is 0.265. The van der Waals surface area contributed by atoms with E-state index in [1.54, 1.807) is 0 Å². The zero-order chi connectivity index (χ0) is 23.8. The molecular weight excluding hydrogens is 407 g/mol. The minimum Gasteiger partial charge on any atom is -0.468 e. The van der Waals surface area contributed by atoms with Crippen molar-refractivity contribution in [3.63, 3.8) is 0 Å². The van der Waals surface area contributed by atoms with E-state index in [9.17, 15) is 9.59 Å². The Morgan fingerprint density at radius 2 is 1.75 bits per heavy atom. The Balaban J connectivity index is 1.93. The SMILES string of the molecule is CCCCCCC(=O)NC1CCCNC1(CCCCB1OC(C)(C)C(C)(C)O1)C(=O)OC. The molecule has 2 fully saturated rings. The first-order valence-electron chi connectivity index (χ1n) is 12.6. The third kappa shape index (κ3) is 6.70. The molecule has 2 aliphatic heterocycles. The highest BCUT2D eigenvalue weighted by molar-refractivity contribution is 6.45. The number of ether oxygens (including phenoxy) is 1. The predicted molar refractivity (Wildman–Crippen MR) is 127 cm³/mol. The molecule has 2 atom stereocenters. The second-order valence-corrected chi connectivity index (χ2v) is 10.4. The van der Waals surface area contributed by atoms with Crippen molar-refractivity contribution in [2.24, 2.45) is 0 Å². The molecule has 0 aliphatic carbocycles. The maximum Gasteiger partial charge on any atom is 0.457 e. The third-order valence-electron chi connectivity index (χ3n) is 7.41. The molecule has 2 N–H and O–H groups in total. The van der Waals surface area contributed by atoms with Gasteiger partial charge in [-0.05, 0) is 66.2 Å². The van der Waals surface area contributed by atoms with Gasteiger partial charge in [0.05, 0.1) is 24.4 Å². The number of carbonyl (C=O) groups excluding carboxylic acids is 2. The lowest BCUT2D eigenvalue weighted by Gasteiger charge is -2.43. The first kappa shape index (κ1) is 27.1. The summed E-state index contributed by atoms with van der Waals surface area (Å²) in [6.07, 6.45) is 9.53. The molecule has 2 rings (SSSR count). The molecule has 0 spiro atoms. The van der Waals surface area contributed by atoms with Gasteiger partial charge in [0.1, 0.15) is 5.54 Å². The number of esters is 1. The Hall–Kier alpha value is -1.12. The molecule has 184 valence electrons. The van der Waals surface area contributed by atoms with Crippen molar-refractivity contribution in [3.05, 3.63) is 0 Å². The van der Waals surface area contributed by atoms with E-state index in [0.717, 1.165) is 64.2 Å². The van der Waals surface area contributed by atoms with Crippen molar-refractivity contribution in [2.45, 2.75) is 128 Å². The van der Waals surface area contributed by atoms with Crippen LogP contribution in [0.15, 0.2) is 0 Å². The second-order valence-electron chi connectivity index (χ2n) is 10.4. The smallest absolute Gasteiger partial charge is 0.457 e. The highest BCUT2D eigenvalue weighted by Gasteiger charge is 2.51. The predicted octanol–water partition coefficient (Wildman–Crippen LogP) is 4.00. The molecule has 32 heavy (non-hydrogen) atoms. The van der Waals surface area contributed by atoms with Crippen molar-refractivity contribution in [3.8, 4) is 0 Å². The number of amides is 1. The maximum atomic E-state index is 12.9. The van der Waals surface area contributed by atoms with Gasteiger partial charge in [0.2, 0.25) is 5.91 Å². The van der Waals surface area contributed by atoms with Crippen LogP contribution in [0.2, 0.25) is 6.32 Å². The van der Waals surface area contributed by atoms with E-state index in [-0.39, 0.29) is 36.2 Å². The zero-order valence-electron chi connectivity index (χ0n) is 21.2. The number of carbonyl (C=O) groups is 2. The van der Waals surface area contributed by atoms with E-state index in [1.165, 1.54) is 7.11 Å². The van der Waals surface area contributed by atoms with Crippen LogP contribution in [0.4, 0.5) is 0 Å². The van der Waals surface area contributed by atoms with E-state index in [1.807, 2.05) is 0 Å². The second kappa shape index (κ2) is 11.8. The number of unbranched alkanes of at least 4 members (excludes halogenated alkanes) is 4. The van der Waals surface area contributed by atoms with E-state index >= 15 is 0 Å². The standard InChI is InChI=1S/C24H45BN2O5/c1-7-8-9-10-15-20(28)27-19-14-13-18-26-24(19,21(29)30-6)16-11-12-17-25-31-22(2,3)23(4,5)32-25/h19,26H,7-18H2,1-6H3,(H,27,28). The molecule has 0 aromatic heterocycles. The first-order chi connectivity index (χ1) is 15.1. The minimum absolute atomic E-state index is 0.0281. The lowest BCUT2D eigenvalue weighted by Crippen LogP contribution is -2.68. The van der Waals surface area contributed by atoms with Gasteiger partial charge in [0, 0.05) is 6.42 Å². The first-order valence-corrected chi connectivity index (χ1v) is 12.6. The van der Waals surface area contributed by atoms with Crippen LogP contribution in [0, 0.1) is 0 Å². The number of methoxy groups -OCH3 is 1. The Labute approximate surface area is 195 Å². The summed E-state index contributed by atoms with van der Waals surface area (Å²) in [4.78, 5) is 25.5. The van der Waals surface area contributed by atoms with Crippen LogP contribution in [0.25, 0.3) is 0 Å². The molecule has 8 heteroatoms. The summed E-state index contributed by atoms with van der Waals surface area (Å²) in [5, 5.41) is 6.57. The number of nitrogens with one attached hydrogen (secondary N) is 2. The molecule has 0 saturated carbocycles. The van der Waals surface area contributed by atoms with E-state index < -0.39 is 5.54 Å². The highest BCUT2D eigenvalue weighted by Crippen LogP contribution is 2.38. The average molecular weight is 452 g/mol. The molecule has 2 unspecified atom stereocenters. The molecule has 2 aliphatic rings. The molecule has 1 amide bonds. The van der Waals surface area contributed by atoms with Crippen LogP contribution in [0.5, 0.6) is 0 Å². The van der Waals surface area contributed by atoms with Crippen molar-refractivity contribution in [1.29, 1.82) is 0 Å². The molecule has 2 heterocycles. The van der Waals surface area contributed by atoms with Gasteiger partial charge < -0.3 is 24.7 Å². The fraction of sp³-hybridized carbons (Fsp3) is 0.917. The molecule has 0 radical (unpaired) electrons. The van der Waals surface area contributed by atoms with Gasteiger partial charge >= 0.3 is 13.1 Å². The van der Waals surface area contributed by atoms with Gasteiger partial charge in [-0.3, -0.25) is 4.79 Å². The van der Waals surface area contributed by atoms with Crippen LogP contribution in [0.1, 0.15) is 98.8 Å². The molecule has 0 bridgehead atoms. The topological polar surface area (TPSA) is 85.9 Å². The van der Waals surface area contributed by atoms with E-state index in [2.05, 4.69) is 45.3 Å². The molecule has 0 aromatic rings. The Morgan fingerprint density at radius 1 is 1.06 bits per heavy atom. The van der Waals surface area contributed by atoms with Gasteiger partial charge in [-0.15, -0.1) is 0 Å². The maximum absolute atomic E-state index is 12.9. The van der Waals surface area contributed by atoms with Crippen molar-refractivity contribution in [2.75, 3.05) is 13.7 Å². The van der Waals surface area contributed by atoms with Crippen molar-refractivity contribution in [1.82, 2.24) is 10.6 Å². The van der Waals surface area contributed by atoms with Gasteiger partial charge in [0.15, 0.2) is 0 Å². The van der Waals surface area contributed by atoms with Gasteiger partial charge in [-0.25, -0.2) is 4.79 Å². The fourth-order valence-electron chi connectivity index (χ4n) is 4.72. The summed E-state index contributed by atoms with van der Waals surface area (Å²) in [6, 6.07) is -0.251. The lowest BCUT2D eigenvalue weighted by molar-refractivity contribution is -0.152. The van der Waals surface area contributed by atoms with Crippen LogP contribution in [0.3, 0.4) is 0 Å². The largest absolute Gasteiger partial charge is 0.468 e. The summed E-state index contributed by atoms with van der Waals surface area (Å²) in [5.41, 5.74) is -1.54. The summed E-state index contributed by atoms with van der Waals surface area (Å²) in [6.45, 7) is 11.1. The average Bonchev–Trinajstić information content (AvgIpc) is 2.95. The lowest BCUT2D eigenvalue weighted by atomic mass is 9.77. The summed E-state index contributed by atoms with van der Waals surface area (Å²) >= 11 is 0. The van der Waals surface area contributed by atoms with Crippen LogP contribution >= 0.6 is 0 Å². The molecule has 2 saturated heterocycles. The van der Waals surface area contributed by atoms with Crippen LogP contribution in [-0.2, 0) is 23.6 Å². The number of hydrogen-bond acceptors (Lipinski definition) is 6. The van der Waals surface area contributed by atoms with Crippen molar-refractivity contribution < 1.29 is 23.6 Å². The Bertz CT molecular complexity index is 612. The summed E-state index contributed by atoms with van der Waals surface area (Å²) in [7, 11) is 1.20. The summed E-state index contributed by atoms with van der Waals surface area (Å²) < 4.78 is 17.4. The van der Waals surface area contributed by atoms with Gasteiger partial charge in [-0.2, -0.15) is 0 Å². The minimum atomic E-state index is -0.873. The number of piperidine rings is 1. The van der Waals surface area contributed by atoms with E-state index in [4.69, 9.17) is 14.0 Å². The van der Waals surface area contributed by atoms with Crippen LogP contribution in [-0.4, -0.2) is 55.4 Å². The third-order valence-corrected chi connectivity index (χ3v) is 7.41. The van der Waals surface area contributed by atoms with Gasteiger partial charge in [0.25, 0.3) is 0 Å². The van der Waals surface area contributed by atoms with Gasteiger partial charge in [-0.1, -0.05) is 39.0 Å². The zero-order valence-corrected chi connectivity index (χ0v) is 21.2. The number of rotatable bonds is 12.